The smallest absolute Gasteiger partial charge is 0.338 e. The minimum absolute atomic E-state index is 0.160. The Morgan fingerprint density at radius 3 is 2.69 bits per heavy atom. The molecular weight excluding hydrogens is 408 g/mol. The average molecular weight is 430 g/mol. The van der Waals surface area contributed by atoms with Gasteiger partial charge in [0, 0.05) is 28.4 Å². The van der Waals surface area contributed by atoms with Crippen molar-refractivity contribution < 1.29 is 23.5 Å². The van der Waals surface area contributed by atoms with E-state index in [1.165, 1.54) is 12.3 Å². The largest absolute Gasteiger partial charge is 0.459 e. The maximum Gasteiger partial charge on any atom is 0.338 e. The van der Waals surface area contributed by atoms with Gasteiger partial charge in [0.15, 0.2) is 12.4 Å². The van der Waals surface area contributed by atoms with Crippen molar-refractivity contribution in [3.63, 3.8) is 0 Å². The van der Waals surface area contributed by atoms with Crippen molar-refractivity contribution >= 4 is 34.3 Å². The summed E-state index contributed by atoms with van der Waals surface area (Å²) in [6.45, 7) is 3.47. The van der Waals surface area contributed by atoms with Gasteiger partial charge in [-0.15, -0.1) is 0 Å². The lowest BCUT2D eigenvalue weighted by Crippen LogP contribution is -2.15. The van der Waals surface area contributed by atoms with Crippen LogP contribution >= 0.6 is 0 Å². The number of Topliss-reactive ketones (excluding diaryl/α,β-unsaturated/α-hetero) is 1. The van der Waals surface area contributed by atoms with E-state index in [0.29, 0.717) is 11.3 Å². The van der Waals surface area contributed by atoms with Gasteiger partial charge in [-0.05, 0) is 48.7 Å². The third-order valence-corrected chi connectivity index (χ3v) is 5.28. The second-order valence-corrected chi connectivity index (χ2v) is 7.36. The van der Waals surface area contributed by atoms with Gasteiger partial charge in [-0.1, -0.05) is 31.2 Å². The van der Waals surface area contributed by atoms with Gasteiger partial charge < -0.3 is 19.5 Å². The van der Waals surface area contributed by atoms with Crippen molar-refractivity contribution in [2.75, 3.05) is 11.9 Å². The molecule has 1 amide bonds. The molecule has 32 heavy (non-hydrogen) atoms. The Labute approximate surface area is 184 Å². The molecule has 4 rings (SSSR count). The Morgan fingerprint density at radius 2 is 1.94 bits per heavy atom. The summed E-state index contributed by atoms with van der Waals surface area (Å²) in [6.07, 6.45) is 3.89. The molecule has 7 heteroatoms. The van der Waals surface area contributed by atoms with E-state index in [0.717, 1.165) is 28.5 Å². The van der Waals surface area contributed by atoms with Crippen molar-refractivity contribution in [2.24, 2.45) is 0 Å². The van der Waals surface area contributed by atoms with Crippen LogP contribution in [0.2, 0.25) is 0 Å². The quantitative estimate of drug-likeness (QED) is 0.320. The Hall–Kier alpha value is -4.13. The minimum Gasteiger partial charge on any atom is -0.459 e. The van der Waals surface area contributed by atoms with Crippen LogP contribution in [0, 0.1) is 6.92 Å². The highest BCUT2D eigenvalue weighted by Crippen LogP contribution is 2.23. The molecular formula is C25H22N2O5. The molecule has 0 spiro atoms. The molecule has 7 nitrogen and oxygen atoms in total. The number of amides is 1. The fourth-order valence-corrected chi connectivity index (χ4v) is 3.51. The molecule has 0 radical (unpaired) electrons. The SMILES string of the molecule is CCc1cccc2c(C(=O)COC(=O)c3ccc(C)c(NC(=O)c4ccco4)c3)c[nH]c12. The number of benzene rings is 2. The van der Waals surface area contributed by atoms with E-state index >= 15 is 0 Å². The van der Waals surface area contributed by atoms with Gasteiger partial charge in [0.2, 0.25) is 5.78 Å². The van der Waals surface area contributed by atoms with Crippen LogP contribution in [0.5, 0.6) is 0 Å². The molecule has 2 N–H and O–H groups in total. The Balaban J connectivity index is 1.45. The summed E-state index contributed by atoms with van der Waals surface area (Å²) >= 11 is 0. The number of esters is 1. The summed E-state index contributed by atoms with van der Waals surface area (Å²) < 4.78 is 10.3. The van der Waals surface area contributed by atoms with Crippen molar-refractivity contribution in [2.45, 2.75) is 20.3 Å². The molecule has 4 aromatic rings. The predicted molar refractivity (Wildman–Crippen MR) is 120 cm³/mol. The van der Waals surface area contributed by atoms with E-state index < -0.39 is 11.9 Å². The first-order chi connectivity index (χ1) is 15.5. The summed E-state index contributed by atoms with van der Waals surface area (Å²) in [6, 6.07) is 13.7. The third kappa shape index (κ3) is 4.18. The number of aryl methyl sites for hydroxylation is 2. The van der Waals surface area contributed by atoms with Crippen LogP contribution in [0.15, 0.2) is 65.4 Å². The molecule has 2 heterocycles. The summed E-state index contributed by atoms with van der Waals surface area (Å²) in [5, 5.41) is 3.52. The van der Waals surface area contributed by atoms with E-state index in [4.69, 9.17) is 9.15 Å². The highest BCUT2D eigenvalue weighted by molar-refractivity contribution is 6.10. The van der Waals surface area contributed by atoms with Crippen LogP contribution in [0.4, 0.5) is 5.69 Å². The van der Waals surface area contributed by atoms with Crippen molar-refractivity contribution in [1.29, 1.82) is 0 Å². The minimum atomic E-state index is -0.652. The van der Waals surface area contributed by atoms with Crippen LogP contribution in [-0.4, -0.2) is 29.3 Å². The summed E-state index contributed by atoms with van der Waals surface area (Å²) in [4.78, 5) is 40.6. The number of para-hydroxylation sites is 1. The van der Waals surface area contributed by atoms with Gasteiger partial charge in [-0.3, -0.25) is 9.59 Å². The van der Waals surface area contributed by atoms with Crippen molar-refractivity contribution in [3.05, 3.63) is 89.0 Å². The number of ketones is 1. The number of anilines is 1. The standard InChI is InChI=1S/C25H22N2O5/c1-3-16-6-4-7-18-19(13-26-23(16)18)21(28)14-32-25(30)17-10-9-15(2)20(12-17)27-24(29)22-8-5-11-31-22/h4-13,26H,3,14H2,1-2H3,(H,27,29). The maximum atomic E-state index is 12.7. The van der Waals surface area contributed by atoms with Crippen molar-refractivity contribution in [3.8, 4) is 0 Å². The lowest BCUT2D eigenvalue weighted by molar-refractivity contribution is 0.0475. The molecule has 0 atom stereocenters. The number of carbonyl (C=O) groups is 3. The van der Waals surface area contributed by atoms with Gasteiger partial charge in [0.25, 0.3) is 5.91 Å². The lowest BCUT2D eigenvalue weighted by Gasteiger charge is -2.10. The van der Waals surface area contributed by atoms with Gasteiger partial charge in [-0.2, -0.15) is 0 Å². The van der Waals surface area contributed by atoms with E-state index in [1.807, 2.05) is 25.1 Å². The molecule has 0 bridgehead atoms. The molecule has 162 valence electrons. The number of carbonyl (C=O) groups excluding carboxylic acids is 3. The van der Waals surface area contributed by atoms with Gasteiger partial charge in [0.1, 0.15) is 0 Å². The highest BCUT2D eigenvalue weighted by Gasteiger charge is 2.18. The van der Waals surface area contributed by atoms with E-state index in [-0.39, 0.29) is 23.7 Å². The molecule has 2 aromatic carbocycles. The van der Waals surface area contributed by atoms with Gasteiger partial charge >= 0.3 is 5.97 Å². The summed E-state index contributed by atoms with van der Waals surface area (Å²) in [5.74, 6) is -1.21. The topological polar surface area (TPSA) is 101 Å². The molecule has 0 saturated heterocycles. The molecule has 0 saturated carbocycles. The number of H-pyrrole nitrogens is 1. The number of hydrogen-bond donors (Lipinski definition) is 2. The molecule has 0 aliphatic rings. The van der Waals surface area contributed by atoms with Crippen molar-refractivity contribution in [1.82, 2.24) is 4.98 Å². The highest BCUT2D eigenvalue weighted by atomic mass is 16.5. The zero-order valence-corrected chi connectivity index (χ0v) is 17.7. The first-order valence-electron chi connectivity index (χ1n) is 10.2. The van der Waals surface area contributed by atoms with Gasteiger partial charge in [0.05, 0.1) is 11.8 Å². The molecule has 0 unspecified atom stereocenters. The second kappa shape index (κ2) is 8.93. The molecule has 0 aliphatic heterocycles. The zero-order chi connectivity index (χ0) is 22.7. The molecule has 2 aromatic heterocycles. The number of aromatic nitrogens is 1. The average Bonchev–Trinajstić information content (AvgIpc) is 3.48. The molecule has 0 fully saturated rings. The zero-order valence-electron chi connectivity index (χ0n) is 17.7. The number of rotatable bonds is 7. The number of aromatic amines is 1. The number of ether oxygens (including phenoxy) is 1. The fraction of sp³-hybridized carbons (Fsp3) is 0.160. The van der Waals surface area contributed by atoms with Crippen LogP contribution in [-0.2, 0) is 11.2 Å². The first-order valence-corrected chi connectivity index (χ1v) is 10.2. The van der Waals surface area contributed by atoms with Gasteiger partial charge in [-0.25, -0.2) is 4.79 Å². The Bertz CT molecular complexity index is 1300. The van der Waals surface area contributed by atoms with E-state index in [2.05, 4.69) is 10.3 Å². The van der Waals surface area contributed by atoms with Crippen LogP contribution in [0.1, 0.15) is 49.3 Å². The van der Waals surface area contributed by atoms with Crippen LogP contribution in [0.25, 0.3) is 10.9 Å². The van der Waals surface area contributed by atoms with E-state index in [9.17, 15) is 14.4 Å². The number of hydrogen-bond acceptors (Lipinski definition) is 5. The number of nitrogens with one attached hydrogen (secondary N) is 2. The fourth-order valence-electron chi connectivity index (χ4n) is 3.51. The lowest BCUT2D eigenvalue weighted by atomic mass is 10.1. The van der Waals surface area contributed by atoms with Crippen LogP contribution in [0.3, 0.4) is 0 Å². The van der Waals surface area contributed by atoms with E-state index in [1.54, 1.807) is 37.4 Å². The van der Waals surface area contributed by atoms with Crippen LogP contribution < -0.4 is 5.32 Å². The molecule has 0 aliphatic carbocycles. The maximum absolute atomic E-state index is 12.7. The predicted octanol–water partition coefficient (Wildman–Crippen LogP) is 4.92. The monoisotopic (exact) mass is 430 g/mol. The summed E-state index contributed by atoms with van der Waals surface area (Å²) in [5.41, 5.74) is 3.96. The summed E-state index contributed by atoms with van der Waals surface area (Å²) in [7, 11) is 0. The Kier molecular flexibility index (Phi) is 5.89. The number of fused-ring (bicyclic) bond motifs is 1. The third-order valence-electron chi connectivity index (χ3n) is 5.28. The Morgan fingerprint density at radius 1 is 1.09 bits per heavy atom. The second-order valence-electron chi connectivity index (χ2n) is 7.36. The number of furan rings is 1. The first kappa shape index (κ1) is 21.1. The normalized spacial score (nSPS) is 10.8.